The molecule has 4 atom stereocenters. The minimum absolute atomic E-state index is 0.117. The Balaban J connectivity index is 1.58. The Hall–Kier alpha value is -3.63. The van der Waals surface area contributed by atoms with E-state index in [4.69, 9.17) is 4.74 Å². The Morgan fingerprint density at radius 3 is 2.44 bits per heavy atom. The summed E-state index contributed by atoms with van der Waals surface area (Å²) >= 11 is 0. The maximum absolute atomic E-state index is 14.5. The number of hydrogen-bond acceptors (Lipinski definition) is 6. The zero-order valence-electron chi connectivity index (χ0n) is 22.1. The summed E-state index contributed by atoms with van der Waals surface area (Å²) in [6, 6.07) is 22.1. The maximum atomic E-state index is 14.5. The molecule has 0 saturated carbocycles. The molecule has 3 heterocycles. The van der Waals surface area contributed by atoms with Gasteiger partial charge in [-0.2, -0.15) is 9.78 Å². The number of aliphatic hydroxyl groups is 1. The van der Waals surface area contributed by atoms with Gasteiger partial charge in [0.25, 0.3) is 11.5 Å². The molecule has 0 radical (unpaired) electrons. The van der Waals surface area contributed by atoms with E-state index in [2.05, 4.69) is 5.10 Å². The molecule has 9 heteroatoms. The van der Waals surface area contributed by atoms with Crippen LogP contribution in [0.15, 0.2) is 83.8 Å². The predicted molar refractivity (Wildman–Crippen MR) is 152 cm³/mol. The molecule has 1 amide bonds. The zero-order valence-corrected chi connectivity index (χ0v) is 23.1. The smallest absolute Gasteiger partial charge is 0.279 e. The third-order valence-electron chi connectivity index (χ3n) is 8.24. The van der Waals surface area contributed by atoms with E-state index in [-0.39, 0.29) is 29.5 Å². The number of rotatable bonds is 5. The van der Waals surface area contributed by atoms with Crippen molar-refractivity contribution in [1.82, 2.24) is 9.78 Å². The van der Waals surface area contributed by atoms with Gasteiger partial charge in [-0.1, -0.05) is 43.3 Å². The molecular formula is C30H31N3O5Si. The van der Waals surface area contributed by atoms with Crippen molar-refractivity contribution in [3.05, 3.63) is 94.9 Å². The summed E-state index contributed by atoms with van der Waals surface area (Å²) in [7, 11) is -2.82. The highest BCUT2D eigenvalue weighted by Gasteiger charge is 2.66. The van der Waals surface area contributed by atoms with Crippen LogP contribution in [0.5, 0.6) is 0 Å². The van der Waals surface area contributed by atoms with Crippen molar-refractivity contribution in [1.29, 1.82) is 0 Å². The summed E-state index contributed by atoms with van der Waals surface area (Å²) in [5.74, 6) is -0.618. The van der Waals surface area contributed by atoms with Crippen LogP contribution in [0.25, 0.3) is 16.5 Å². The minimum atomic E-state index is -2.82. The molecule has 200 valence electrons. The van der Waals surface area contributed by atoms with Crippen molar-refractivity contribution in [2.24, 2.45) is 5.92 Å². The maximum Gasteiger partial charge on any atom is 0.279 e. The van der Waals surface area contributed by atoms with Gasteiger partial charge in [0, 0.05) is 34.7 Å². The molecule has 1 fully saturated rings. The van der Waals surface area contributed by atoms with Crippen LogP contribution >= 0.6 is 0 Å². The van der Waals surface area contributed by atoms with Gasteiger partial charge in [0.15, 0.2) is 13.9 Å². The van der Waals surface area contributed by atoms with Crippen molar-refractivity contribution < 1.29 is 19.4 Å². The van der Waals surface area contributed by atoms with Crippen molar-refractivity contribution >= 4 is 36.4 Å². The zero-order chi connectivity index (χ0) is 27.5. The molecule has 4 aromatic rings. The molecule has 1 spiro atoms. The number of aliphatic hydroxyl groups excluding tert-OH is 1. The van der Waals surface area contributed by atoms with Crippen molar-refractivity contribution in [2.45, 2.75) is 43.7 Å². The molecule has 2 N–H and O–H groups in total. The number of hydrogen-bond donors (Lipinski definition) is 2. The van der Waals surface area contributed by atoms with E-state index in [1.807, 2.05) is 80.7 Å². The molecule has 2 aliphatic heterocycles. The highest BCUT2D eigenvalue weighted by Crippen LogP contribution is 2.60. The Kier molecular flexibility index (Phi) is 6.07. The second-order valence-corrected chi connectivity index (χ2v) is 15.0. The van der Waals surface area contributed by atoms with Crippen LogP contribution in [0, 0.1) is 5.92 Å². The molecule has 0 bridgehead atoms. The molecule has 3 aromatic carbocycles. The molecule has 39 heavy (non-hydrogen) atoms. The van der Waals surface area contributed by atoms with Crippen molar-refractivity contribution in [3.63, 3.8) is 0 Å². The number of carbonyl (C=O) groups excluding carboxylic acids is 1. The molecule has 6 rings (SSSR count). The number of benzene rings is 3. The number of amides is 1. The van der Waals surface area contributed by atoms with E-state index >= 15 is 0 Å². The second kappa shape index (κ2) is 9.24. The number of carbonyl (C=O) groups is 1. The largest absolute Gasteiger partial charge is 0.432 e. The summed E-state index contributed by atoms with van der Waals surface area (Å²) in [5.41, 5.74) is 0.578. The summed E-state index contributed by atoms with van der Waals surface area (Å²) in [6.07, 6.45) is 1.48. The molecular weight excluding hydrogens is 510 g/mol. The Morgan fingerprint density at radius 2 is 1.72 bits per heavy atom. The second-order valence-electron chi connectivity index (χ2n) is 11.0. The van der Waals surface area contributed by atoms with Gasteiger partial charge in [0.2, 0.25) is 0 Å². The summed E-state index contributed by atoms with van der Waals surface area (Å²) in [4.78, 5) is 40.9. The Bertz CT molecular complexity index is 1630. The predicted octanol–water partition coefficient (Wildman–Crippen LogP) is 4.24. The van der Waals surface area contributed by atoms with E-state index in [0.29, 0.717) is 34.4 Å². The van der Waals surface area contributed by atoms with E-state index in [1.54, 1.807) is 23.2 Å². The van der Waals surface area contributed by atoms with Gasteiger partial charge < -0.3 is 14.6 Å². The lowest BCUT2D eigenvalue weighted by Crippen LogP contribution is -2.45. The number of aromatic nitrogens is 2. The average Bonchev–Trinajstić information content (AvgIpc) is 3.35. The molecule has 8 nitrogen and oxygen atoms in total. The van der Waals surface area contributed by atoms with Crippen LogP contribution in [0.4, 0.5) is 11.4 Å². The van der Waals surface area contributed by atoms with E-state index < -0.39 is 20.0 Å². The standard InChI is InChI=1S/C30H31N3O5Si/c1-19-27(39(2,3)37)26(15-16-34)38-30(19)24-17-22(33-28(35)23-12-8-7-9-20(23)18-31-33)13-14-25(24)32(29(30)36)21-10-5-4-6-11-21/h4-14,17-19,26-27,34,37H,15-16H2,1-3H3/t19-,26+,27-,30+/m0/s1. The van der Waals surface area contributed by atoms with E-state index in [1.165, 1.54) is 4.68 Å². The number of nitrogens with zero attached hydrogens (tertiary/aromatic N) is 3. The fourth-order valence-electron chi connectivity index (χ4n) is 6.63. The Labute approximate surface area is 227 Å². The number of ether oxygens (including phenoxy) is 1. The van der Waals surface area contributed by atoms with Crippen LogP contribution < -0.4 is 10.5 Å². The van der Waals surface area contributed by atoms with Crippen LogP contribution in [0.1, 0.15) is 18.9 Å². The normalized spacial score (nSPS) is 24.6. The van der Waals surface area contributed by atoms with Crippen LogP contribution in [-0.2, 0) is 15.1 Å². The number of fused-ring (bicyclic) bond motifs is 3. The molecule has 0 aliphatic carbocycles. The average molecular weight is 542 g/mol. The number of anilines is 2. The SMILES string of the molecule is C[C@H]1[C@H]([Si](C)(C)O)[C@@H](CCO)O[C@]12C(=O)N(c1ccccc1)c1ccc(-n3ncc4ccccc4c3=O)cc12. The van der Waals surface area contributed by atoms with Gasteiger partial charge in [0.1, 0.15) is 0 Å². The monoisotopic (exact) mass is 541 g/mol. The first kappa shape index (κ1) is 25.6. The third-order valence-corrected chi connectivity index (χ3v) is 10.7. The van der Waals surface area contributed by atoms with Gasteiger partial charge >= 0.3 is 0 Å². The minimum Gasteiger partial charge on any atom is -0.432 e. The summed E-state index contributed by atoms with van der Waals surface area (Å²) < 4.78 is 8.05. The lowest BCUT2D eigenvalue weighted by Gasteiger charge is -2.32. The fourth-order valence-corrected chi connectivity index (χ4v) is 9.23. The van der Waals surface area contributed by atoms with Gasteiger partial charge in [-0.15, -0.1) is 0 Å². The third kappa shape index (κ3) is 3.80. The van der Waals surface area contributed by atoms with E-state index in [0.717, 1.165) is 5.39 Å². The highest BCUT2D eigenvalue weighted by atomic mass is 28.4. The van der Waals surface area contributed by atoms with Crippen LogP contribution in [0.2, 0.25) is 18.6 Å². The topological polar surface area (TPSA) is 105 Å². The first-order chi connectivity index (χ1) is 18.7. The first-order valence-corrected chi connectivity index (χ1v) is 16.2. The molecule has 0 unspecified atom stereocenters. The van der Waals surface area contributed by atoms with Crippen LogP contribution in [-0.4, -0.2) is 46.6 Å². The molecule has 1 saturated heterocycles. The fraction of sp³-hybridized carbons (Fsp3) is 0.300. The van der Waals surface area contributed by atoms with Gasteiger partial charge in [-0.25, -0.2) is 0 Å². The first-order valence-electron chi connectivity index (χ1n) is 13.2. The molecule has 1 aromatic heterocycles. The van der Waals surface area contributed by atoms with Crippen LogP contribution in [0.3, 0.4) is 0 Å². The quantitative estimate of drug-likeness (QED) is 0.366. The summed E-state index contributed by atoms with van der Waals surface area (Å²) in [5, 5.41) is 15.6. The number of para-hydroxylation sites is 1. The van der Waals surface area contributed by atoms with Gasteiger partial charge in [-0.05, 0) is 55.9 Å². The van der Waals surface area contributed by atoms with Crippen molar-refractivity contribution in [2.75, 3.05) is 11.5 Å². The van der Waals surface area contributed by atoms with Gasteiger partial charge in [-0.3, -0.25) is 14.5 Å². The van der Waals surface area contributed by atoms with E-state index in [9.17, 15) is 19.5 Å². The highest BCUT2D eigenvalue weighted by molar-refractivity contribution is 6.71. The molecule has 2 aliphatic rings. The van der Waals surface area contributed by atoms with Gasteiger partial charge in [0.05, 0.1) is 29.1 Å². The lowest BCUT2D eigenvalue weighted by atomic mass is 9.82. The summed E-state index contributed by atoms with van der Waals surface area (Å²) in [6.45, 7) is 5.54. The van der Waals surface area contributed by atoms with Crippen molar-refractivity contribution in [3.8, 4) is 5.69 Å². The lowest BCUT2D eigenvalue weighted by molar-refractivity contribution is -0.145. The Morgan fingerprint density at radius 1 is 1.00 bits per heavy atom.